The van der Waals surface area contributed by atoms with Gasteiger partial charge in [0, 0.05) is 17.5 Å². The quantitative estimate of drug-likeness (QED) is 0.865. The summed E-state index contributed by atoms with van der Waals surface area (Å²) in [6.45, 7) is 1.94. The van der Waals surface area contributed by atoms with Crippen molar-refractivity contribution in [2.75, 3.05) is 5.75 Å². The van der Waals surface area contributed by atoms with E-state index in [-0.39, 0.29) is 16.9 Å². The van der Waals surface area contributed by atoms with Gasteiger partial charge in [-0.1, -0.05) is 23.7 Å². The third-order valence-corrected chi connectivity index (χ3v) is 3.37. The number of hydrogen-bond donors (Lipinski definition) is 1. The van der Waals surface area contributed by atoms with Crippen LogP contribution in [0.3, 0.4) is 0 Å². The summed E-state index contributed by atoms with van der Waals surface area (Å²) in [4.78, 5) is 0. The Kier molecular flexibility index (Phi) is 4.72. The maximum atomic E-state index is 13.0. The van der Waals surface area contributed by atoms with Gasteiger partial charge in [0.1, 0.15) is 5.82 Å². The third-order valence-electron chi connectivity index (χ3n) is 1.67. The Morgan fingerprint density at radius 2 is 2.29 bits per heavy atom. The van der Waals surface area contributed by atoms with Crippen LogP contribution in [0, 0.1) is 5.82 Å². The van der Waals surface area contributed by atoms with Crippen LogP contribution in [-0.4, -0.2) is 11.8 Å². The minimum absolute atomic E-state index is 0.160. The number of halogens is 2. The van der Waals surface area contributed by atoms with Crippen LogP contribution in [0.15, 0.2) is 18.2 Å². The van der Waals surface area contributed by atoms with Gasteiger partial charge in [-0.15, -0.1) is 0 Å². The van der Waals surface area contributed by atoms with Gasteiger partial charge in [-0.25, -0.2) is 4.39 Å². The molecule has 0 aromatic heterocycles. The van der Waals surface area contributed by atoms with E-state index < -0.39 is 0 Å². The normalized spacial score (nSPS) is 12.9. The molecular formula is C10H13ClFNS. The van der Waals surface area contributed by atoms with Gasteiger partial charge in [-0.2, -0.15) is 11.8 Å². The standard InChI is InChI=1S/C10H13ClFNS/c1-7(13)5-14-6-8-3-2-4-9(12)10(8)11/h2-4,7H,5-6,13H2,1H3. The SMILES string of the molecule is CC(N)CSCc1cccc(F)c1Cl. The molecule has 0 spiro atoms. The van der Waals surface area contributed by atoms with Crippen molar-refractivity contribution in [3.63, 3.8) is 0 Å². The fourth-order valence-electron chi connectivity index (χ4n) is 1.01. The molecule has 0 bridgehead atoms. The highest BCUT2D eigenvalue weighted by molar-refractivity contribution is 7.98. The zero-order valence-electron chi connectivity index (χ0n) is 7.97. The Bertz CT molecular complexity index is 304. The number of hydrogen-bond acceptors (Lipinski definition) is 2. The molecule has 0 fully saturated rings. The molecule has 4 heteroatoms. The van der Waals surface area contributed by atoms with Crippen molar-refractivity contribution in [3.05, 3.63) is 34.6 Å². The number of nitrogens with two attached hydrogens (primary N) is 1. The van der Waals surface area contributed by atoms with Crippen molar-refractivity contribution in [2.24, 2.45) is 5.73 Å². The third kappa shape index (κ3) is 3.48. The molecule has 0 aliphatic rings. The summed E-state index contributed by atoms with van der Waals surface area (Å²) in [5.74, 6) is 1.20. The highest BCUT2D eigenvalue weighted by Gasteiger charge is 2.05. The van der Waals surface area contributed by atoms with Gasteiger partial charge in [0.05, 0.1) is 5.02 Å². The molecule has 78 valence electrons. The second-order valence-electron chi connectivity index (χ2n) is 3.21. The van der Waals surface area contributed by atoms with Gasteiger partial charge in [0.25, 0.3) is 0 Å². The molecule has 0 amide bonds. The van der Waals surface area contributed by atoms with Crippen LogP contribution in [-0.2, 0) is 5.75 Å². The summed E-state index contributed by atoms with van der Waals surface area (Å²) in [5, 5.41) is 0.227. The molecule has 0 radical (unpaired) electrons. The van der Waals surface area contributed by atoms with Gasteiger partial charge in [-0.05, 0) is 18.6 Å². The van der Waals surface area contributed by atoms with Gasteiger partial charge in [0.2, 0.25) is 0 Å². The molecule has 1 aromatic rings. The van der Waals surface area contributed by atoms with Crippen molar-refractivity contribution in [2.45, 2.75) is 18.7 Å². The lowest BCUT2D eigenvalue weighted by Crippen LogP contribution is -2.17. The average Bonchev–Trinajstić information content (AvgIpc) is 2.12. The smallest absolute Gasteiger partial charge is 0.142 e. The number of rotatable bonds is 4. The van der Waals surface area contributed by atoms with Crippen LogP contribution >= 0.6 is 23.4 Å². The van der Waals surface area contributed by atoms with Gasteiger partial charge < -0.3 is 5.73 Å². The van der Waals surface area contributed by atoms with E-state index in [0.717, 1.165) is 11.3 Å². The molecule has 1 unspecified atom stereocenters. The average molecular weight is 234 g/mol. The minimum Gasteiger partial charge on any atom is -0.327 e. The van der Waals surface area contributed by atoms with Crippen LogP contribution in [0.5, 0.6) is 0 Å². The summed E-state index contributed by atoms with van der Waals surface area (Å²) in [6.07, 6.45) is 0. The van der Waals surface area contributed by atoms with Crippen LogP contribution in [0.25, 0.3) is 0 Å². The number of thioether (sulfide) groups is 1. The maximum absolute atomic E-state index is 13.0. The van der Waals surface area contributed by atoms with Gasteiger partial charge in [-0.3, -0.25) is 0 Å². The van der Waals surface area contributed by atoms with E-state index in [1.807, 2.05) is 13.0 Å². The predicted octanol–water partition coefficient (Wildman–Crippen LogP) is 3.06. The number of benzene rings is 1. The van der Waals surface area contributed by atoms with Crippen molar-refractivity contribution in [1.29, 1.82) is 0 Å². The monoisotopic (exact) mass is 233 g/mol. The van der Waals surface area contributed by atoms with Crippen LogP contribution in [0.1, 0.15) is 12.5 Å². The van der Waals surface area contributed by atoms with Crippen molar-refractivity contribution in [1.82, 2.24) is 0 Å². The largest absolute Gasteiger partial charge is 0.327 e. The molecule has 1 rings (SSSR count). The Morgan fingerprint density at radius 1 is 1.57 bits per heavy atom. The van der Waals surface area contributed by atoms with Crippen molar-refractivity contribution in [3.8, 4) is 0 Å². The lowest BCUT2D eigenvalue weighted by molar-refractivity contribution is 0.627. The van der Waals surface area contributed by atoms with E-state index in [0.29, 0.717) is 5.75 Å². The Balaban J connectivity index is 2.54. The fraction of sp³-hybridized carbons (Fsp3) is 0.400. The first kappa shape index (κ1) is 11.8. The van der Waals surface area contributed by atoms with Crippen molar-refractivity contribution < 1.29 is 4.39 Å². The van der Waals surface area contributed by atoms with Crippen LogP contribution in [0.4, 0.5) is 4.39 Å². The Morgan fingerprint density at radius 3 is 2.93 bits per heavy atom. The van der Waals surface area contributed by atoms with E-state index in [2.05, 4.69) is 0 Å². The summed E-state index contributed by atoms with van der Waals surface area (Å²) < 4.78 is 13.0. The van der Waals surface area contributed by atoms with Gasteiger partial charge >= 0.3 is 0 Å². The molecule has 0 aliphatic carbocycles. The lowest BCUT2D eigenvalue weighted by Gasteiger charge is -2.06. The van der Waals surface area contributed by atoms with Crippen LogP contribution in [0.2, 0.25) is 5.02 Å². The second kappa shape index (κ2) is 5.59. The summed E-state index contributed by atoms with van der Waals surface area (Å²) in [6, 6.07) is 5.03. The van der Waals surface area contributed by atoms with Crippen LogP contribution < -0.4 is 5.73 Å². The molecule has 1 nitrogen and oxygen atoms in total. The molecule has 0 aliphatic heterocycles. The maximum Gasteiger partial charge on any atom is 0.142 e. The van der Waals surface area contributed by atoms with Gasteiger partial charge in [0.15, 0.2) is 0 Å². The first-order valence-corrected chi connectivity index (χ1v) is 5.90. The van der Waals surface area contributed by atoms with E-state index in [4.69, 9.17) is 17.3 Å². The summed E-state index contributed by atoms with van der Waals surface area (Å²) in [5.41, 5.74) is 6.43. The van der Waals surface area contributed by atoms with E-state index in [9.17, 15) is 4.39 Å². The molecule has 0 heterocycles. The van der Waals surface area contributed by atoms with E-state index >= 15 is 0 Å². The zero-order chi connectivity index (χ0) is 10.6. The second-order valence-corrected chi connectivity index (χ2v) is 4.61. The highest BCUT2D eigenvalue weighted by Crippen LogP contribution is 2.23. The summed E-state index contributed by atoms with van der Waals surface area (Å²) >= 11 is 7.45. The molecule has 1 aromatic carbocycles. The molecule has 0 saturated heterocycles. The Hall–Kier alpha value is -0.250. The predicted molar refractivity (Wildman–Crippen MR) is 61.2 cm³/mol. The molecule has 0 saturated carbocycles. The van der Waals surface area contributed by atoms with Crippen molar-refractivity contribution >= 4 is 23.4 Å². The highest BCUT2D eigenvalue weighted by atomic mass is 35.5. The molecule has 14 heavy (non-hydrogen) atoms. The first-order valence-electron chi connectivity index (χ1n) is 4.37. The first-order chi connectivity index (χ1) is 6.61. The molecule has 1 atom stereocenters. The van der Waals surface area contributed by atoms with E-state index in [1.165, 1.54) is 6.07 Å². The Labute approximate surface area is 92.8 Å². The molecular weight excluding hydrogens is 221 g/mol. The zero-order valence-corrected chi connectivity index (χ0v) is 9.54. The fourth-order valence-corrected chi connectivity index (χ4v) is 2.24. The topological polar surface area (TPSA) is 26.0 Å². The summed E-state index contributed by atoms with van der Waals surface area (Å²) in [7, 11) is 0. The lowest BCUT2D eigenvalue weighted by atomic mass is 10.2. The van der Waals surface area contributed by atoms with E-state index in [1.54, 1.807) is 17.8 Å². The minimum atomic E-state index is -0.356. The molecule has 2 N–H and O–H groups in total.